The van der Waals surface area contributed by atoms with Crippen LogP contribution >= 0.6 is 11.3 Å². The van der Waals surface area contributed by atoms with Crippen LogP contribution in [0, 0.1) is 12.7 Å². The summed E-state index contributed by atoms with van der Waals surface area (Å²) in [6.45, 7) is 1.81. The zero-order valence-electron chi connectivity index (χ0n) is 13.4. The number of aromatic nitrogens is 1. The van der Waals surface area contributed by atoms with E-state index in [1.807, 2.05) is 13.0 Å². The molecule has 1 N–H and O–H groups in total. The number of hydrogen-bond acceptors (Lipinski definition) is 5. The van der Waals surface area contributed by atoms with Crippen LogP contribution in [0.2, 0.25) is 0 Å². The summed E-state index contributed by atoms with van der Waals surface area (Å²) in [5.41, 5.74) is 1.96. The van der Waals surface area contributed by atoms with Gasteiger partial charge < -0.3 is 9.15 Å². The lowest BCUT2D eigenvalue weighted by molar-refractivity contribution is 0.0998. The minimum atomic E-state index is -0.396. The molecule has 0 aliphatic heterocycles. The van der Waals surface area contributed by atoms with Crippen LogP contribution in [-0.2, 0) is 0 Å². The fourth-order valence-corrected chi connectivity index (χ4v) is 3.54. The first-order chi connectivity index (χ1) is 12.0. The second kappa shape index (κ2) is 5.86. The second-order valence-electron chi connectivity index (χ2n) is 5.50. The minimum absolute atomic E-state index is 0.216. The molecule has 5 nitrogen and oxygen atoms in total. The largest absolute Gasteiger partial charge is 0.497 e. The molecule has 0 bridgehead atoms. The lowest BCUT2D eigenvalue weighted by Crippen LogP contribution is -2.11. The molecule has 0 aliphatic carbocycles. The number of halogens is 1. The number of carbonyl (C=O) groups is 1. The number of carbonyl (C=O) groups excluding carboxylic acids is 1. The van der Waals surface area contributed by atoms with Crippen LogP contribution in [0.1, 0.15) is 16.1 Å². The van der Waals surface area contributed by atoms with Crippen LogP contribution in [-0.4, -0.2) is 18.0 Å². The van der Waals surface area contributed by atoms with E-state index in [9.17, 15) is 9.18 Å². The Morgan fingerprint density at radius 1 is 1.28 bits per heavy atom. The van der Waals surface area contributed by atoms with E-state index in [0.29, 0.717) is 26.7 Å². The van der Waals surface area contributed by atoms with E-state index in [2.05, 4.69) is 10.3 Å². The van der Waals surface area contributed by atoms with Crippen molar-refractivity contribution in [2.75, 3.05) is 12.4 Å². The third kappa shape index (κ3) is 2.72. The minimum Gasteiger partial charge on any atom is -0.497 e. The van der Waals surface area contributed by atoms with Crippen molar-refractivity contribution in [3.8, 4) is 5.75 Å². The Morgan fingerprint density at radius 3 is 2.92 bits per heavy atom. The Bertz CT molecular complexity index is 1120. The van der Waals surface area contributed by atoms with Gasteiger partial charge in [-0.15, -0.1) is 0 Å². The first kappa shape index (κ1) is 15.6. The van der Waals surface area contributed by atoms with E-state index in [1.165, 1.54) is 23.5 Å². The number of thiazole rings is 1. The number of ether oxygens (including phenoxy) is 1. The number of nitrogens with zero attached hydrogens (tertiary/aromatic N) is 1. The number of furan rings is 1. The molecule has 25 heavy (non-hydrogen) atoms. The first-order valence-electron chi connectivity index (χ1n) is 7.50. The fourth-order valence-electron chi connectivity index (χ4n) is 2.65. The molecule has 0 spiro atoms. The number of fused-ring (bicyclic) bond motifs is 2. The van der Waals surface area contributed by atoms with Gasteiger partial charge in [-0.1, -0.05) is 11.3 Å². The maximum Gasteiger partial charge on any atom is 0.293 e. The molecule has 0 saturated heterocycles. The molecular formula is C18H13FN2O3S. The van der Waals surface area contributed by atoms with Crippen molar-refractivity contribution in [3.05, 3.63) is 53.5 Å². The summed E-state index contributed by atoms with van der Waals surface area (Å²) in [6.07, 6.45) is 0. The average Bonchev–Trinajstić information content (AvgIpc) is 3.14. The Balaban J connectivity index is 1.67. The van der Waals surface area contributed by atoms with Gasteiger partial charge in [0, 0.05) is 10.9 Å². The normalized spacial score (nSPS) is 11.2. The van der Waals surface area contributed by atoms with E-state index in [0.717, 1.165) is 10.9 Å². The van der Waals surface area contributed by atoms with Crippen LogP contribution in [0.25, 0.3) is 21.2 Å². The van der Waals surface area contributed by atoms with Gasteiger partial charge in [-0.3, -0.25) is 10.1 Å². The van der Waals surface area contributed by atoms with E-state index >= 15 is 0 Å². The number of nitrogens with one attached hydrogen (secondary N) is 1. The number of anilines is 1. The van der Waals surface area contributed by atoms with Gasteiger partial charge in [-0.05, 0) is 43.3 Å². The van der Waals surface area contributed by atoms with E-state index in [4.69, 9.17) is 9.15 Å². The molecule has 126 valence electrons. The molecule has 0 fully saturated rings. The Kier molecular flexibility index (Phi) is 3.65. The van der Waals surface area contributed by atoms with Crippen LogP contribution in [0.15, 0.2) is 40.8 Å². The topological polar surface area (TPSA) is 64.4 Å². The second-order valence-corrected chi connectivity index (χ2v) is 6.53. The zero-order chi connectivity index (χ0) is 17.6. The predicted octanol–water partition coefficient (Wildman–Crippen LogP) is 4.75. The lowest BCUT2D eigenvalue weighted by Gasteiger charge is -1.99. The van der Waals surface area contributed by atoms with Crippen molar-refractivity contribution < 1.29 is 18.3 Å². The highest BCUT2D eigenvalue weighted by molar-refractivity contribution is 7.22. The van der Waals surface area contributed by atoms with Gasteiger partial charge in [0.1, 0.15) is 17.1 Å². The molecule has 0 aliphatic rings. The highest BCUT2D eigenvalue weighted by atomic mass is 32.1. The molecule has 4 aromatic rings. The zero-order valence-corrected chi connectivity index (χ0v) is 14.2. The molecule has 2 aromatic carbocycles. The fraction of sp³-hybridized carbons (Fsp3) is 0.111. The molecule has 0 saturated carbocycles. The highest BCUT2D eigenvalue weighted by Crippen LogP contribution is 2.31. The Hall–Kier alpha value is -2.93. The number of hydrogen-bond donors (Lipinski definition) is 1. The maximum absolute atomic E-state index is 13.3. The van der Waals surface area contributed by atoms with Gasteiger partial charge in [-0.25, -0.2) is 9.37 Å². The molecule has 2 heterocycles. The van der Waals surface area contributed by atoms with Crippen LogP contribution in [0.4, 0.5) is 9.52 Å². The van der Waals surface area contributed by atoms with E-state index in [-0.39, 0.29) is 11.6 Å². The van der Waals surface area contributed by atoms with Crippen molar-refractivity contribution in [2.24, 2.45) is 0 Å². The summed E-state index contributed by atoms with van der Waals surface area (Å²) in [5, 5.41) is 3.93. The van der Waals surface area contributed by atoms with E-state index in [1.54, 1.807) is 25.3 Å². The summed E-state index contributed by atoms with van der Waals surface area (Å²) in [7, 11) is 1.58. The van der Waals surface area contributed by atoms with Crippen LogP contribution in [0.5, 0.6) is 5.75 Å². The smallest absolute Gasteiger partial charge is 0.293 e. The van der Waals surface area contributed by atoms with Crippen molar-refractivity contribution in [1.29, 1.82) is 0 Å². The number of aryl methyl sites for hydroxylation is 1. The van der Waals surface area contributed by atoms with Gasteiger partial charge >= 0.3 is 0 Å². The van der Waals surface area contributed by atoms with Crippen molar-refractivity contribution in [1.82, 2.24) is 4.98 Å². The van der Waals surface area contributed by atoms with Crippen LogP contribution in [0.3, 0.4) is 0 Å². The highest BCUT2D eigenvalue weighted by Gasteiger charge is 2.19. The maximum atomic E-state index is 13.3. The Labute approximate surface area is 146 Å². The summed E-state index contributed by atoms with van der Waals surface area (Å²) in [4.78, 5) is 16.8. The molecular weight excluding hydrogens is 343 g/mol. The number of rotatable bonds is 3. The standard InChI is InChI=1S/C18H13FN2O3S/c1-9-12-8-11(23-2)4-6-14(12)24-16(9)17(22)21-18-20-13-5-3-10(19)7-15(13)25-18/h3-8H,1-2H3,(H,20,21,22). The molecule has 7 heteroatoms. The molecule has 1 amide bonds. The summed E-state index contributed by atoms with van der Waals surface area (Å²) in [5.74, 6) is 0.175. The molecule has 4 rings (SSSR count). The monoisotopic (exact) mass is 356 g/mol. The predicted molar refractivity (Wildman–Crippen MR) is 95.0 cm³/mol. The number of methoxy groups -OCH3 is 1. The van der Waals surface area contributed by atoms with Crippen LogP contribution < -0.4 is 10.1 Å². The third-order valence-electron chi connectivity index (χ3n) is 3.92. The third-order valence-corrected chi connectivity index (χ3v) is 4.85. The van der Waals surface area contributed by atoms with E-state index < -0.39 is 5.91 Å². The molecule has 2 aromatic heterocycles. The molecule has 0 radical (unpaired) electrons. The lowest BCUT2D eigenvalue weighted by atomic mass is 10.1. The number of amides is 1. The van der Waals surface area contributed by atoms with Gasteiger partial charge in [0.15, 0.2) is 10.9 Å². The summed E-state index contributed by atoms with van der Waals surface area (Å²) in [6, 6.07) is 9.67. The van der Waals surface area contributed by atoms with Gasteiger partial charge in [0.25, 0.3) is 5.91 Å². The average molecular weight is 356 g/mol. The summed E-state index contributed by atoms with van der Waals surface area (Å²) < 4.78 is 24.8. The Morgan fingerprint density at radius 2 is 2.12 bits per heavy atom. The SMILES string of the molecule is COc1ccc2oc(C(=O)Nc3nc4ccc(F)cc4s3)c(C)c2c1. The van der Waals surface area contributed by atoms with Crippen molar-refractivity contribution >= 4 is 43.6 Å². The van der Waals surface area contributed by atoms with Crippen molar-refractivity contribution in [3.63, 3.8) is 0 Å². The summed E-state index contributed by atoms with van der Waals surface area (Å²) >= 11 is 1.21. The molecule has 0 unspecified atom stereocenters. The van der Waals surface area contributed by atoms with Gasteiger partial charge in [-0.2, -0.15) is 0 Å². The number of benzene rings is 2. The van der Waals surface area contributed by atoms with Gasteiger partial charge in [0.2, 0.25) is 0 Å². The first-order valence-corrected chi connectivity index (χ1v) is 8.31. The molecule has 0 atom stereocenters. The van der Waals surface area contributed by atoms with Crippen molar-refractivity contribution in [2.45, 2.75) is 6.92 Å². The quantitative estimate of drug-likeness (QED) is 0.575. The van der Waals surface area contributed by atoms with Gasteiger partial charge in [0.05, 0.1) is 17.3 Å².